The van der Waals surface area contributed by atoms with E-state index in [1.54, 1.807) is 0 Å². The highest BCUT2D eigenvalue weighted by molar-refractivity contribution is 7.90. The highest BCUT2D eigenvalue weighted by atomic mass is 35.5. The third kappa shape index (κ3) is 10.5. The van der Waals surface area contributed by atoms with Crippen molar-refractivity contribution in [3.63, 3.8) is 0 Å². The molecule has 2 aliphatic carbocycles. The van der Waals surface area contributed by atoms with Crippen LogP contribution in [0.5, 0.6) is 0 Å². The maximum Gasteiger partial charge on any atom is 0.328 e. The van der Waals surface area contributed by atoms with Gasteiger partial charge in [-0.25, -0.2) is 35.9 Å². The number of amides is 4. The lowest BCUT2D eigenvalue weighted by atomic mass is 9.96. The van der Waals surface area contributed by atoms with Gasteiger partial charge in [0, 0.05) is 22.1 Å². The second kappa shape index (κ2) is 14.9. The van der Waals surface area contributed by atoms with Crippen molar-refractivity contribution in [3.05, 3.63) is 58.6 Å². The fourth-order valence-corrected chi connectivity index (χ4v) is 6.60. The smallest absolute Gasteiger partial charge is 0.328 e. The van der Waals surface area contributed by atoms with E-state index < -0.39 is 32.1 Å². The Balaban J connectivity index is 0.000000220. The summed E-state index contributed by atoms with van der Waals surface area (Å²) in [5.74, 6) is 0. The fourth-order valence-electron chi connectivity index (χ4n) is 4.51. The summed E-state index contributed by atoms with van der Waals surface area (Å²) in [5, 5.41) is 6.28. The molecular weight excluding hydrogens is 599 g/mol. The molecule has 0 atom stereocenters. The van der Waals surface area contributed by atoms with Crippen LogP contribution in [0.25, 0.3) is 0 Å². The average Bonchev–Trinajstić information content (AvgIpc) is 2.90. The molecule has 2 aromatic rings. The van der Waals surface area contributed by atoms with E-state index in [0.717, 1.165) is 51.4 Å². The number of carbonyl (C=O) groups excluding carboxylic acids is 2. The zero-order valence-electron chi connectivity index (χ0n) is 21.9. The number of halogens is 2. The average molecular weight is 634 g/mol. The van der Waals surface area contributed by atoms with E-state index in [4.69, 9.17) is 23.2 Å². The SMILES string of the molecule is O=C(NC1CCCCC1)NS(=O)(=O)c1ccc(Cl)cc1.O=C(NC1CCCCC1)NS(=O)(=O)c1ccc(Cl)cc1. The van der Waals surface area contributed by atoms with Gasteiger partial charge in [-0.3, -0.25) is 0 Å². The van der Waals surface area contributed by atoms with Gasteiger partial charge in [0.25, 0.3) is 20.0 Å². The molecular formula is C26H34Cl2N4O6S2. The van der Waals surface area contributed by atoms with Gasteiger partial charge in [0.05, 0.1) is 9.79 Å². The standard InChI is InChI=1S/2C13H17ClN2O3S/c2*14-10-6-8-12(9-7-10)20(18,19)16-13(17)15-11-4-2-1-3-5-11/h2*6-9,11H,1-5H2,(H2,15,16,17). The zero-order valence-corrected chi connectivity index (χ0v) is 25.0. The Kier molecular flexibility index (Phi) is 11.9. The predicted octanol–water partition coefficient (Wildman–Crippen LogP) is 5.32. The summed E-state index contributed by atoms with van der Waals surface area (Å²) in [6.45, 7) is 0. The first-order valence-corrected chi connectivity index (χ1v) is 16.8. The second-order valence-corrected chi connectivity index (χ2v) is 14.0. The molecule has 2 saturated carbocycles. The molecule has 0 aromatic heterocycles. The molecule has 0 unspecified atom stereocenters. The number of hydrogen-bond donors (Lipinski definition) is 4. The summed E-state index contributed by atoms with van der Waals surface area (Å²) in [7, 11) is -7.70. The fraction of sp³-hybridized carbons (Fsp3) is 0.462. The molecule has 0 saturated heterocycles. The quantitative estimate of drug-likeness (QED) is 0.338. The normalized spacial score (nSPS) is 16.6. The van der Waals surface area contributed by atoms with Crippen LogP contribution in [0.15, 0.2) is 58.3 Å². The molecule has 4 N–H and O–H groups in total. The molecule has 40 heavy (non-hydrogen) atoms. The Hall–Kier alpha value is -2.54. The van der Waals surface area contributed by atoms with E-state index in [1.165, 1.54) is 61.4 Å². The van der Waals surface area contributed by atoms with Gasteiger partial charge in [-0.15, -0.1) is 0 Å². The number of sulfonamides is 2. The van der Waals surface area contributed by atoms with Crippen molar-refractivity contribution < 1.29 is 26.4 Å². The lowest BCUT2D eigenvalue weighted by Gasteiger charge is -2.22. The first-order chi connectivity index (χ1) is 18.9. The van der Waals surface area contributed by atoms with Crippen molar-refractivity contribution in [2.24, 2.45) is 0 Å². The third-order valence-electron chi connectivity index (χ3n) is 6.58. The zero-order chi connectivity index (χ0) is 29.2. The first kappa shape index (κ1) is 32.0. The monoisotopic (exact) mass is 632 g/mol. The summed E-state index contributed by atoms with van der Waals surface area (Å²) in [5.41, 5.74) is 0. The summed E-state index contributed by atoms with van der Waals surface area (Å²) in [6, 6.07) is 10.1. The molecule has 10 nitrogen and oxygen atoms in total. The van der Waals surface area contributed by atoms with Gasteiger partial charge in [0.2, 0.25) is 0 Å². The van der Waals surface area contributed by atoms with Gasteiger partial charge in [-0.1, -0.05) is 61.7 Å². The van der Waals surface area contributed by atoms with Crippen LogP contribution >= 0.6 is 23.2 Å². The van der Waals surface area contributed by atoms with Crippen LogP contribution in [0.2, 0.25) is 10.0 Å². The highest BCUT2D eigenvalue weighted by Crippen LogP contribution is 2.19. The number of benzene rings is 2. The summed E-state index contributed by atoms with van der Waals surface area (Å²) in [4.78, 5) is 23.5. The molecule has 2 aliphatic rings. The molecule has 2 aromatic carbocycles. The Bertz CT molecular complexity index is 1240. The van der Waals surface area contributed by atoms with Crippen LogP contribution in [0, 0.1) is 0 Å². The number of rotatable bonds is 6. The Labute approximate surface area is 245 Å². The van der Waals surface area contributed by atoms with Crippen LogP contribution in [0.3, 0.4) is 0 Å². The minimum Gasteiger partial charge on any atom is -0.335 e. The summed E-state index contributed by atoms with van der Waals surface area (Å²) in [6.07, 6.45) is 10.2. The molecule has 2 fully saturated rings. The first-order valence-electron chi connectivity index (χ1n) is 13.1. The van der Waals surface area contributed by atoms with Gasteiger partial charge >= 0.3 is 12.1 Å². The lowest BCUT2D eigenvalue weighted by Crippen LogP contribution is -2.45. The van der Waals surface area contributed by atoms with Crippen molar-refractivity contribution in [1.29, 1.82) is 0 Å². The number of carbonyl (C=O) groups is 2. The van der Waals surface area contributed by atoms with Gasteiger partial charge in [-0.05, 0) is 74.2 Å². The number of urea groups is 2. The van der Waals surface area contributed by atoms with Gasteiger partial charge in [0.15, 0.2) is 0 Å². The Morgan fingerprint density at radius 2 is 0.850 bits per heavy atom. The molecule has 220 valence electrons. The van der Waals surface area contributed by atoms with Crippen LogP contribution in [0.4, 0.5) is 9.59 Å². The molecule has 0 aliphatic heterocycles. The van der Waals surface area contributed by atoms with Crippen LogP contribution in [-0.4, -0.2) is 41.0 Å². The van der Waals surface area contributed by atoms with E-state index in [-0.39, 0.29) is 21.9 Å². The van der Waals surface area contributed by atoms with Crippen molar-refractivity contribution in [2.75, 3.05) is 0 Å². The van der Waals surface area contributed by atoms with E-state index in [2.05, 4.69) is 10.6 Å². The van der Waals surface area contributed by atoms with Crippen LogP contribution < -0.4 is 20.1 Å². The van der Waals surface area contributed by atoms with E-state index in [0.29, 0.717) is 10.0 Å². The van der Waals surface area contributed by atoms with Crippen molar-refractivity contribution in [2.45, 2.75) is 86.1 Å². The minimum absolute atomic E-state index is 0.0145. The molecule has 14 heteroatoms. The minimum atomic E-state index is -3.85. The Morgan fingerprint density at radius 3 is 1.15 bits per heavy atom. The van der Waals surface area contributed by atoms with E-state index in [1.807, 2.05) is 9.44 Å². The van der Waals surface area contributed by atoms with Crippen molar-refractivity contribution in [3.8, 4) is 0 Å². The van der Waals surface area contributed by atoms with E-state index in [9.17, 15) is 26.4 Å². The third-order valence-corrected chi connectivity index (χ3v) is 9.78. The molecule has 4 amide bonds. The van der Waals surface area contributed by atoms with Gasteiger partial charge in [0.1, 0.15) is 0 Å². The maximum atomic E-state index is 12.0. The molecule has 0 radical (unpaired) electrons. The molecule has 0 heterocycles. The summed E-state index contributed by atoms with van der Waals surface area (Å²) >= 11 is 11.4. The lowest BCUT2D eigenvalue weighted by molar-refractivity contribution is 0.236. The van der Waals surface area contributed by atoms with Gasteiger partial charge < -0.3 is 10.6 Å². The Morgan fingerprint density at radius 1 is 0.550 bits per heavy atom. The number of hydrogen-bond acceptors (Lipinski definition) is 6. The molecule has 0 bridgehead atoms. The van der Waals surface area contributed by atoms with E-state index >= 15 is 0 Å². The number of nitrogens with one attached hydrogen (secondary N) is 4. The topological polar surface area (TPSA) is 151 Å². The summed E-state index contributed by atoms with van der Waals surface area (Å²) < 4.78 is 52.0. The van der Waals surface area contributed by atoms with Crippen LogP contribution in [-0.2, 0) is 20.0 Å². The largest absolute Gasteiger partial charge is 0.335 e. The second-order valence-electron chi connectivity index (χ2n) is 9.74. The highest BCUT2D eigenvalue weighted by Gasteiger charge is 2.22. The molecule has 4 rings (SSSR count). The van der Waals surface area contributed by atoms with Crippen molar-refractivity contribution in [1.82, 2.24) is 20.1 Å². The maximum absolute atomic E-state index is 12.0. The van der Waals surface area contributed by atoms with Gasteiger partial charge in [-0.2, -0.15) is 0 Å². The molecule has 0 spiro atoms. The predicted molar refractivity (Wildman–Crippen MR) is 154 cm³/mol. The van der Waals surface area contributed by atoms with Crippen LogP contribution in [0.1, 0.15) is 64.2 Å². The van der Waals surface area contributed by atoms with Crippen molar-refractivity contribution >= 4 is 55.3 Å².